The average molecular weight is 357 g/mol. The smallest absolute Gasteiger partial charge is 0.355 e. The summed E-state index contributed by atoms with van der Waals surface area (Å²) < 4.78 is 5.13. The average Bonchev–Trinajstić information content (AvgIpc) is 2.72. The molecule has 0 bridgehead atoms. The molecule has 4 nitrogen and oxygen atoms in total. The summed E-state index contributed by atoms with van der Waals surface area (Å²) >= 11 is 0. The van der Waals surface area contributed by atoms with Crippen molar-refractivity contribution in [2.75, 3.05) is 6.61 Å². The number of ether oxygens (including phenoxy) is 1. The maximum Gasteiger partial charge on any atom is 0.355 e. The second-order valence-electron chi connectivity index (χ2n) is 5.83. The molecular formula is C23H19NO3. The molecule has 0 saturated heterocycles. The van der Waals surface area contributed by atoms with Crippen molar-refractivity contribution >= 4 is 28.7 Å². The lowest BCUT2D eigenvalue weighted by molar-refractivity contribution is -0.138. The molecule has 0 heterocycles. The number of carbonyl (C=O) groups excluding carboxylic acids is 2. The highest BCUT2D eigenvalue weighted by atomic mass is 16.5. The summed E-state index contributed by atoms with van der Waals surface area (Å²) in [5.74, 6) is -0.996. The molecule has 0 aromatic heterocycles. The summed E-state index contributed by atoms with van der Waals surface area (Å²) in [6.07, 6.45) is 3.11. The second kappa shape index (κ2) is 8.63. The summed E-state index contributed by atoms with van der Waals surface area (Å²) in [5.41, 5.74) is 1.34. The highest BCUT2D eigenvalue weighted by Crippen LogP contribution is 2.21. The Hall–Kier alpha value is -3.66. The summed E-state index contributed by atoms with van der Waals surface area (Å²) in [6, 6.07) is 22.3. The van der Waals surface area contributed by atoms with Crippen LogP contribution < -0.4 is 5.32 Å². The molecule has 0 fully saturated rings. The van der Waals surface area contributed by atoms with Crippen LogP contribution in [0.1, 0.15) is 15.9 Å². The fourth-order valence-corrected chi connectivity index (χ4v) is 2.67. The van der Waals surface area contributed by atoms with Crippen LogP contribution in [0.5, 0.6) is 0 Å². The number of amides is 1. The van der Waals surface area contributed by atoms with Gasteiger partial charge in [0, 0.05) is 5.56 Å². The van der Waals surface area contributed by atoms with Gasteiger partial charge in [-0.15, -0.1) is 0 Å². The van der Waals surface area contributed by atoms with Gasteiger partial charge in [0.2, 0.25) is 0 Å². The van der Waals surface area contributed by atoms with Gasteiger partial charge in [-0.25, -0.2) is 4.79 Å². The van der Waals surface area contributed by atoms with E-state index in [0.29, 0.717) is 5.56 Å². The third-order valence-corrected chi connectivity index (χ3v) is 3.96. The van der Waals surface area contributed by atoms with Crippen LogP contribution >= 0.6 is 0 Å². The maximum absolute atomic E-state index is 12.5. The molecule has 0 spiro atoms. The molecule has 3 rings (SSSR count). The monoisotopic (exact) mass is 357 g/mol. The summed E-state index contributed by atoms with van der Waals surface area (Å²) in [5, 5.41) is 4.68. The van der Waals surface area contributed by atoms with Gasteiger partial charge in [-0.1, -0.05) is 73.3 Å². The highest BCUT2D eigenvalue weighted by Gasteiger charge is 2.16. The Morgan fingerprint density at radius 2 is 1.63 bits per heavy atom. The van der Waals surface area contributed by atoms with E-state index in [0.717, 1.165) is 16.3 Å². The molecule has 0 unspecified atom stereocenters. The van der Waals surface area contributed by atoms with Gasteiger partial charge in [0.25, 0.3) is 5.91 Å². The van der Waals surface area contributed by atoms with Crippen LogP contribution in [0, 0.1) is 0 Å². The van der Waals surface area contributed by atoms with E-state index in [9.17, 15) is 9.59 Å². The van der Waals surface area contributed by atoms with Crippen LogP contribution in [0.2, 0.25) is 0 Å². The number of hydrogen-bond donors (Lipinski definition) is 1. The normalized spacial score (nSPS) is 11.0. The van der Waals surface area contributed by atoms with Crippen molar-refractivity contribution in [3.05, 3.63) is 102 Å². The molecule has 3 aromatic rings. The Morgan fingerprint density at radius 1 is 0.926 bits per heavy atom. The molecule has 0 atom stereocenters. The van der Waals surface area contributed by atoms with E-state index in [2.05, 4.69) is 11.9 Å². The largest absolute Gasteiger partial charge is 0.457 e. The van der Waals surface area contributed by atoms with Gasteiger partial charge in [-0.2, -0.15) is 0 Å². The lowest BCUT2D eigenvalue weighted by Crippen LogP contribution is -2.28. The van der Waals surface area contributed by atoms with E-state index in [1.165, 1.54) is 6.08 Å². The second-order valence-corrected chi connectivity index (χ2v) is 5.83. The number of rotatable bonds is 6. The number of hydrogen-bond acceptors (Lipinski definition) is 3. The van der Waals surface area contributed by atoms with E-state index in [1.807, 2.05) is 48.5 Å². The molecule has 1 N–H and O–H groups in total. The number of esters is 1. The minimum Gasteiger partial charge on any atom is -0.457 e. The summed E-state index contributed by atoms with van der Waals surface area (Å²) in [4.78, 5) is 25.0. The van der Waals surface area contributed by atoms with E-state index >= 15 is 0 Å². The van der Waals surface area contributed by atoms with E-state index in [4.69, 9.17) is 4.74 Å². The van der Waals surface area contributed by atoms with Crippen molar-refractivity contribution in [3.8, 4) is 0 Å². The zero-order valence-corrected chi connectivity index (χ0v) is 14.7. The molecule has 0 aliphatic carbocycles. The van der Waals surface area contributed by atoms with Crippen molar-refractivity contribution < 1.29 is 14.3 Å². The molecular weight excluding hydrogens is 338 g/mol. The van der Waals surface area contributed by atoms with Crippen LogP contribution in [0.4, 0.5) is 0 Å². The van der Waals surface area contributed by atoms with E-state index in [1.54, 1.807) is 30.3 Å². The lowest BCUT2D eigenvalue weighted by Gasteiger charge is -2.10. The van der Waals surface area contributed by atoms with Gasteiger partial charge in [0.1, 0.15) is 12.3 Å². The molecule has 134 valence electrons. The Balaban J connectivity index is 1.98. The first kappa shape index (κ1) is 18.1. The first-order chi connectivity index (χ1) is 13.2. The topological polar surface area (TPSA) is 55.4 Å². The predicted octanol–water partition coefficient (Wildman–Crippen LogP) is 4.34. The minimum atomic E-state index is -0.618. The van der Waals surface area contributed by atoms with Crippen molar-refractivity contribution in [1.82, 2.24) is 5.32 Å². The van der Waals surface area contributed by atoms with Gasteiger partial charge >= 0.3 is 5.97 Å². The molecule has 4 heteroatoms. The number of fused-ring (bicyclic) bond motifs is 1. The first-order valence-corrected chi connectivity index (χ1v) is 8.53. The molecule has 1 amide bonds. The first-order valence-electron chi connectivity index (χ1n) is 8.53. The Bertz CT molecular complexity index is 1000. The Morgan fingerprint density at radius 3 is 2.41 bits per heavy atom. The molecule has 0 aliphatic heterocycles. The number of nitrogens with one attached hydrogen (secondary N) is 1. The van der Waals surface area contributed by atoms with Crippen molar-refractivity contribution in [3.63, 3.8) is 0 Å². The van der Waals surface area contributed by atoms with Gasteiger partial charge in [0.15, 0.2) is 0 Å². The van der Waals surface area contributed by atoms with Crippen LogP contribution in [-0.2, 0) is 9.53 Å². The van der Waals surface area contributed by atoms with Gasteiger partial charge in [-0.05, 0) is 34.5 Å². The number of carbonyl (C=O) groups is 2. The third kappa shape index (κ3) is 4.50. The molecule has 0 radical (unpaired) electrons. The van der Waals surface area contributed by atoms with Crippen LogP contribution in [-0.4, -0.2) is 18.5 Å². The standard InChI is InChI=1S/C23H19NO3/c1-2-15-27-23(26)21(24-22(25)18-10-4-3-5-11-18)16-19-13-8-12-17-9-6-7-14-20(17)19/h2-14,16H,1,15H2,(H,24,25)/b21-16-. The van der Waals surface area contributed by atoms with Gasteiger partial charge < -0.3 is 10.1 Å². The quantitative estimate of drug-likeness (QED) is 0.406. The lowest BCUT2D eigenvalue weighted by atomic mass is 10.0. The molecule has 27 heavy (non-hydrogen) atoms. The van der Waals surface area contributed by atoms with E-state index < -0.39 is 5.97 Å². The molecule has 3 aromatic carbocycles. The summed E-state index contributed by atoms with van der Waals surface area (Å²) in [6.45, 7) is 3.60. The van der Waals surface area contributed by atoms with Gasteiger partial charge in [-0.3, -0.25) is 4.79 Å². The molecule has 0 saturated carbocycles. The highest BCUT2D eigenvalue weighted by molar-refractivity contribution is 6.04. The Kier molecular flexibility index (Phi) is 5.80. The van der Waals surface area contributed by atoms with Crippen LogP contribution in [0.25, 0.3) is 16.8 Å². The SMILES string of the molecule is C=CCOC(=O)/C(=C/c1cccc2ccccc12)NC(=O)c1ccccc1. The maximum atomic E-state index is 12.5. The fraction of sp³-hybridized carbons (Fsp3) is 0.0435. The summed E-state index contributed by atoms with van der Waals surface area (Å²) in [7, 11) is 0. The van der Waals surface area contributed by atoms with Crippen molar-refractivity contribution in [2.45, 2.75) is 0 Å². The Labute approximate surface area is 157 Å². The zero-order chi connectivity index (χ0) is 19.1. The fourth-order valence-electron chi connectivity index (χ4n) is 2.67. The van der Waals surface area contributed by atoms with Gasteiger partial charge in [0.05, 0.1) is 0 Å². The van der Waals surface area contributed by atoms with Crippen LogP contribution in [0.15, 0.2) is 91.1 Å². The van der Waals surface area contributed by atoms with E-state index in [-0.39, 0.29) is 18.2 Å². The zero-order valence-electron chi connectivity index (χ0n) is 14.7. The number of benzene rings is 3. The predicted molar refractivity (Wildman–Crippen MR) is 107 cm³/mol. The van der Waals surface area contributed by atoms with Crippen molar-refractivity contribution in [2.24, 2.45) is 0 Å². The van der Waals surface area contributed by atoms with Crippen LogP contribution in [0.3, 0.4) is 0 Å². The minimum absolute atomic E-state index is 0.0624. The molecule has 0 aliphatic rings. The van der Waals surface area contributed by atoms with Crippen molar-refractivity contribution in [1.29, 1.82) is 0 Å². The third-order valence-electron chi connectivity index (χ3n) is 3.96.